The molecule has 0 aromatic heterocycles. The minimum Gasteiger partial charge on any atom is -0.464 e. The zero-order chi connectivity index (χ0) is 11.4. The van der Waals surface area contributed by atoms with Gasteiger partial charge in [0.05, 0.1) is 12.5 Å². The molecule has 1 heterocycles. The van der Waals surface area contributed by atoms with Crippen LogP contribution in [0.4, 0.5) is 0 Å². The van der Waals surface area contributed by atoms with E-state index in [4.69, 9.17) is 4.74 Å². The Bertz CT molecular complexity index is 364. The van der Waals surface area contributed by atoms with Crippen LogP contribution in [0.5, 0.6) is 0 Å². The molecule has 0 amide bonds. The number of carbonyl (C=O) groups is 1. The van der Waals surface area contributed by atoms with Crippen LogP contribution in [0.3, 0.4) is 0 Å². The Balaban J connectivity index is 2.32. The van der Waals surface area contributed by atoms with Crippen molar-refractivity contribution in [3.05, 3.63) is 41.8 Å². The third-order valence-corrected chi connectivity index (χ3v) is 3.38. The summed E-state index contributed by atoms with van der Waals surface area (Å²) in [6.07, 6.45) is 0. The summed E-state index contributed by atoms with van der Waals surface area (Å²) in [6, 6.07) is 9.52. The molecule has 1 fully saturated rings. The lowest BCUT2D eigenvalue weighted by Crippen LogP contribution is -2.47. The van der Waals surface area contributed by atoms with Gasteiger partial charge in [-0.3, -0.25) is 0 Å². The fourth-order valence-electron chi connectivity index (χ4n) is 1.54. The average molecular weight is 237 g/mol. The summed E-state index contributed by atoms with van der Waals surface area (Å²) in [5.41, 5.74) is 6.67. The Morgan fingerprint density at radius 2 is 2.19 bits per heavy atom. The van der Waals surface area contributed by atoms with Crippen LogP contribution < -0.4 is 10.9 Å². The van der Waals surface area contributed by atoms with Crippen LogP contribution in [0, 0.1) is 5.88 Å². The zero-order valence-corrected chi connectivity index (χ0v) is 9.71. The van der Waals surface area contributed by atoms with Gasteiger partial charge in [-0.2, -0.15) is 0 Å². The molecule has 1 aromatic rings. The molecule has 1 unspecified atom stereocenters. The number of thioether (sulfide) groups is 1. The zero-order valence-electron chi connectivity index (χ0n) is 8.90. The molecular formula is C11H13N2O2S. The largest absolute Gasteiger partial charge is 0.464 e. The number of esters is 1. The Labute approximate surface area is 98.7 Å². The number of hydrogen-bond acceptors (Lipinski definition) is 5. The van der Waals surface area contributed by atoms with E-state index in [9.17, 15) is 4.79 Å². The van der Waals surface area contributed by atoms with Crippen molar-refractivity contribution < 1.29 is 9.53 Å². The van der Waals surface area contributed by atoms with Gasteiger partial charge in [-0.15, -0.1) is 0 Å². The molecule has 1 aliphatic rings. The van der Waals surface area contributed by atoms with E-state index in [0.29, 0.717) is 6.61 Å². The lowest BCUT2D eigenvalue weighted by Gasteiger charge is -2.25. The standard InChI is InChI=1S/C11H13N2O2S/c1-2-15-10(14)11(13-12-8-16-11)9-6-4-3-5-7-9/h3-8,12-13H,2H2,1H3. The summed E-state index contributed by atoms with van der Waals surface area (Å²) in [5.74, 6) is 1.46. The smallest absolute Gasteiger partial charge is 0.342 e. The highest BCUT2D eigenvalue weighted by Crippen LogP contribution is 2.38. The molecule has 0 bridgehead atoms. The minimum absolute atomic E-state index is 0.285. The number of rotatable bonds is 3. The van der Waals surface area contributed by atoms with Crippen LogP contribution >= 0.6 is 11.8 Å². The summed E-state index contributed by atoms with van der Waals surface area (Å²) in [7, 11) is 0. The number of hydrogen-bond donors (Lipinski definition) is 2. The first-order chi connectivity index (χ1) is 7.79. The summed E-state index contributed by atoms with van der Waals surface area (Å²) in [4.78, 5) is 11.1. The molecule has 1 aliphatic heterocycles. The highest BCUT2D eigenvalue weighted by molar-refractivity contribution is 8.03. The topological polar surface area (TPSA) is 50.4 Å². The van der Waals surface area contributed by atoms with Crippen LogP contribution in [-0.2, 0) is 14.4 Å². The van der Waals surface area contributed by atoms with E-state index in [-0.39, 0.29) is 5.97 Å². The third-order valence-electron chi connectivity index (χ3n) is 2.29. The van der Waals surface area contributed by atoms with Crippen LogP contribution in [-0.4, -0.2) is 12.6 Å². The number of benzene rings is 1. The Hall–Kier alpha value is -1.04. The molecule has 0 saturated carbocycles. The number of nitrogens with one attached hydrogen (secondary N) is 2. The fraction of sp³-hybridized carbons (Fsp3) is 0.273. The van der Waals surface area contributed by atoms with Gasteiger partial charge in [0.2, 0.25) is 4.87 Å². The van der Waals surface area contributed by atoms with Gasteiger partial charge in [-0.25, -0.2) is 15.6 Å². The molecule has 0 spiro atoms. The number of ether oxygens (including phenoxy) is 1. The van der Waals surface area contributed by atoms with E-state index in [0.717, 1.165) is 5.56 Å². The van der Waals surface area contributed by atoms with Crippen molar-refractivity contribution in [1.29, 1.82) is 0 Å². The highest BCUT2D eigenvalue weighted by Gasteiger charge is 2.45. The molecular weight excluding hydrogens is 224 g/mol. The summed E-state index contributed by atoms with van der Waals surface area (Å²) in [6.45, 7) is 2.17. The Morgan fingerprint density at radius 3 is 2.75 bits per heavy atom. The van der Waals surface area contributed by atoms with Gasteiger partial charge in [-0.05, 0) is 12.5 Å². The molecule has 1 saturated heterocycles. The molecule has 1 aromatic carbocycles. The van der Waals surface area contributed by atoms with Gasteiger partial charge in [0.1, 0.15) is 0 Å². The van der Waals surface area contributed by atoms with E-state index in [1.807, 2.05) is 30.3 Å². The van der Waals surface area contributed by atoms with Crippen LogP contribution in [0.25, 0.3) is 0 Å². The van der Waals surface area contributed by atoms with Crippen LogP contribution in [0.15, 0.2) is 30.3 Å². The minimum atomic E-state index is -0.864. The lowest BCUT2D eigenvalue weighted by atomic mass is 10.1. The predicted octanol–water partition coefficient (Wildman–Crippen LogP) is 1.36. The molecule has 1 radical (unpaired) electrons. The fourth-order valence-corrected chi connectivity index (χ4v) is 2.38. The Morgan fingerprint density at radius 1 is 1.44 bits per heavy atom. The number of carbonyl (C=O) groups excluding carboxylic acids is 1. The molecule has 2 N–H and O–H groups in total. The van der Waals surface area contributed by atoms with Crippen molar-refractivity contribution in [2.75, 3.05) is 6.61 Å². The second-order valence-corrected chi connectivity index (χ2v) is 4.36. The van der Waals surface area contributed by atoms with Crippen LogP contribution in [0.1, 0.15) is 12.5 Å². The van der Waals surface area contributed by atoms with Gasteiger partial charge in [-0.1, -0.05) is 42.1 Å². The van der Waals surface area contributed by atoms with Gasteiger partial charge >= 0.3 is 5.97 Å². The first kappa shape index (κ1) is 11.4. The van der Waals surface area contributed by atoms with Gasteiger partial charge < -0.3 is 4.74 Å². The maximum Gasteiger partial charge on any atom is 0.342 e. The maximum atomic E-state index is 12.0. The van der Waals surface area contributed by atoms with Gasteiger partial charge in [0.25, 0.3) is 0 Å². The Kier molecular flexibility index (Phi) is 3.48. The summed E-state index contributed by atoms with van der Waals surface area (Å²) >= 11 is 1.37. The monoisotopic (exact) mass is 237 g/mol. The van der Waals surface area contributed by atoms with E-state index < -0.39 is 4.87 Å². The second-order valence-electron chi connectivity index (χ2n) is 3.27. The second kappa shape index (κ2) is 4.86. The van der Waals surface area contributed by atoms with E-state index in [1.54, 1.807) is 12.8 Å². The van der Waals surface area contributed by atoms with Crippen molar-refractivity contribution in [3.63, 3.8) is 0 Å². The number of hydrazine groups is 1. The van der Waals surface area contributed by atoms with Crippen molar-refractivity contribution in [2.45, 2.75) is 11.8 Å². The van der Waals surface area contributed by atoms with Crippen molar-refractivity contribution in [2.24, 2.45) is 0 Å². The summed E-state index contributed by atoms with van der Waals surface area (Å²) < 4.78 is 5.10. The quantitative estimate of drug-likeness (QED) is 0.777. The molecule has 1 atom stereocenters. The third kappa shape index (κ3) is 1.93. The average Bonchev–Trinajstić information content (AvgIpc) is 2.81. The first-order valence-electron chi connectivity index (χ1n) is 5.04. The van der Waals surface area contributed by atoms with Crippen molar-refractivity contribution in [3.8, 4) is 0 Å². The molecule has 5 heteroatoms. The normalized spacial score (nSPS) is 24.3. The molecule has 85 valence electrons. The predicted molar refractivity (Wildman–Crippen MR) is 62.9 cm³/mol. The molecule has 4 nitrogen and oxygen atoms in total. The first-order valence-corrected chi connectivity index (χ1v) is 5.92. The molecule has 16 heavy (non-hydrogen) atoms. The van der Waals surface area contributed by atoms with E-state index in [2.05, 4.69) is 10.9 Å². The summed E-state index contributed by atoms with van der Waals surface area (Å²) in [5, 5.41) is 0. The maximum absolute atomic E-state index is 12.0. The molecule has 0 aliphatic carbocycles. The van der Waals surface area contributed by atoms with Crippen molar-refractivity contribution in [1.82, 2.24) is 10.9 Å². The van der Waals surface area contributed by atoms with Gasteiger partial charge in [0.15, 0.2) is 0 Å². The van der Waals surface area contributed by atoms with Crippen LogP contribution in [0.2, 0.25) is 0 Å². The SMILES string of the molecule is CCOC(=O)C1(c2ccccc2)NN[CH]S1. The lowest BCUT2D eigenvalue weighted by molar-refractivity contribution is -0.147. The van der Waals surface area contributed by atoms with Gasteiger partial charge in [0, 0.05) is 0 Å². The van der Waals surface area contributed by atoms with E-state index >= 15 is 0 Å². The highest BCUT2D eigenvalue weighted by atomic mass is 32.2. The molecule has 2 rings (SSSR count). The van der Waals surface area contributed by atoms with E-state index in [1.165, 1.54) is 11.8 Å². The van der Waals surface area contributed by atoms with Crippen molar-refractivity contribution >= 4 is 17.7 Å².